The van der Waals surface area contributed by atoms with E-state index in [0.717, 1.165) is 5.56 Å². The molecule has 0 aromatic carbocycles. The number of sulfone groups is 1. The van der Waals surface area contributed by atoms with Crippen molar-refractivity contribution >= 4 is 9.84 Å². The molecule has 0 aliphatic heterocycles. The van der Waals surface area contributed by atoms with Crippen molar-refractivity contribution in [3.63, 3.8) is 0 Å². The van der Waals surface area contributed by atoms with E-state index in [1.165, 1.54) is 0 Å². The van der Waals surface area contributed by atoms with Gasteiger partial charge in [-0.2, -0.15) is 0 Å². The highest BCUT2D eigenvalue weighted by Crippen LogP contribution is 2.16. The van der Waals surface area contributed by atoms with Crippen molar-refractivity contribution in [2.45, 2.75) is 38.5 Å². The zero-order valence-electron chi connectivity index (χ0n) is 11.5. The molecule has 0 saturated carbocycles. The van der Waals surface area contributed by atoms with Crippen LogP contribution in [0.15, 0.2) is 24.5 Å². The van der Waals surface area contributed by atoms with Crippen LogP contribution >= 0.6 is 0 Å². The lowest BCUT2D eigenvalue weighted by molar-refractivity contribution is 0.546. The first kappa shape index (κ1) is 15.1. The van der Waals surface area contributed by atoms with Crippen LogP contribution in [0, 0.1) is 0 Å². The van der Waals surface area contributed by atoms with E-state index in [4.69, 9.17) is 0 Å². The Labute approximate surface area is 110 Å². The highest BCUT2D eigenvalue weighted by molar-refractivity contribution is 7.92. The lowest BCUT2D eigenvalue weighted by Gasteiger charge is -2.20. The van der Waals surface area contributed by atoms with Crippen molar-refractivity contribution in [1.82, 2.24) is 10.3 Å². The average molecular weight is 270 g/mol. The molecular formula is C13H22N2O2S. The third kappa shape index (κ3) is 4.07. The monoisotopic (exact) mass is 270 g/mol. The molecule has 4 nitrogen and oxygen atoms in total. The number of nitrogens with zero attached hydrogens (tertiary/aromatic N) is 1. The molecule has 1 heterocycles. The summed E-state index contributed by atoms with van der Waals surface area (Å²) in [6.07, 6.45) is 3.51. The molecule has 0 fully saturated rings. The van der Waals surface area contributed by atoms with E-state index < -0.39 is 14.6 Å². The van der Waals surface area contributed by atoms with Crippen molar-refractivity contribution in [2.75, 3.05) is 12.3 Å². The van der Waals surface area contributed by atoms with Gasteiger partial charge in [0.2, 0.25) is 0 Å². The first-order valence-electron chi connectivity index (χ1n) is 6.09. The Kier molecular flexibility index (Phi) is 4.87. The van der Waals surface area contributed by atoms with Crippen LogP contribution in [0.4, 0.5) is 0 Å². The van der Waals surface area contributed by atoms with Crippen molar-refractivity contribution in [1.29, 1.82) is 0 Å². The van der Waals surface area contributed by atoms with Gasteiger partial charge in [0.15, 0.2) is 9.84 Å². The molecule has 1 atom stereocenters. The molecule has 102 valence electrons. The second kappa shape index (κ2) is 5.80. The number of aromatic nitrogens is 1. The third-order valence-corrected chi connectivity index (χ3v) is 5.55. The summed E-state index contributed by atoms with van der Waals surface area (Å²) in [5, 5.41) is 3.21. The Bertz CT molecular complexity index is 464. The molecule has 5 heteroatoms. The van der Waals surface area contributed by atoms with Crippen LogP contribution in [0.2, 0.25) is 0 Å². The van der Waals surface area contributed by atoms with Gasteiger partial charge in [-0.1, -0.05) is 6.07 Å². The zero-order chi connectivity index (χ0) is 13.8. The van der Waals surface area contributed by atoms with Gasteiger partial charge in [-0.15, -0.1) is 0 Å². The minimum absolute atomic E-state index is 0.105. The molecule has 0 saturated heterocycles. The van der Waals surface area contributed by atoms with Crippen molar-refractivity contribution in [3.8, 4) is 0 Å². The summed E-state index contributed by atoms with van der Waals surface area (Å²) in [6.45, 7) is 7.64. The summed E-state index contributed by atoms with van der Waals surface area (Å²) < 4.78 is 23.1. The molecule has 0 unspecified atom stereocenters. The standard InChI is InChI=1S/C13H22N2O2S/c1-11(12-6-5-7-14-10-12)15-8-9-18(16,17)13(2,3)4/h5-7,10-11,15H,8-9H2,1-4H3/t11-/m0/s1. The largest absolute Gasteiger partial charge is 0.309 e. The van der Waals surface area contributed by atoms with Gasteiger partial charge in [-0.05, 0) is 39.3 Å². The van der Waals surface area contributed by atoms with Crippen molar-refractivity contribution in [2.24, 2.45) is 0 Å². The number of nitrogens with one attached hydrogen (secondary N) is 1. The predicted molar refractivity (Wildman–Crippen MR) is 74.2 cm³/mol. The van der Waals surface area contributed by atoms with Gasteiger partial charge in [-0.3, -0.25) is 4.98 Å². The molecule has 0 amide bonds. The second-order valence-corrected chi connectivity index (χ2v) is 8.26. The quantitative estimate of drug-likeness (QED) is 0.888. The smallest absolute Gasteiger partial charge is 0.156 e. The number of hydrogen-bond donors (Lipinski definition) is 1. The zero-order valence-corrected chi connectivity index (χ0v) is 12.3. The highest BCUT2D eigenvalue weighted by atomic mass is 32.2. The fraction of sp³-hybridized carbons (Fsp3) is 0.615. The topological polar surface area (TPSA) is 59.1 Å². The molecule has 18 heavy (non-hydrogen) atoms. The van der Waals surface area contributed by atoms with Crippen LogP contribution < -0.4 is 5.32 Å². The van der Waals surface area contributed by atoms with E-state index in [9.17, 15) is 8.42 Å². The second-order valence-electron chi connectivity index (χ2n) is 5.39. The third-order valence-electron chi connectivity index (χ3n) is 2.94. The van der Waals surface area contributed by atoms with E-state index in [-0.39, 0.29) is 11.8 Å². The lowest BCUT2D eigenvalue weighted by atomic mass is 10.1. The summed E-state index contributed by atoms with van der Waals surface area (Å²) >= 11 is 0. The first-order chi connectivity index (χ1) is 8.24. The molecule has 1 rings (SSSR count). The summed E-state index contributed by atoms with van der Waals surface area (Å²) in [5.41, 5.74) is 1.06. The Hall–Kier alpha value is -0.940. The molecular weight excluding hydrogens is 248 g/mol. The Balaban J connectivity index is 2.49. The Morgan fingerprint density at radius 1 is 1.39 bits per heavy atom. The predicted octanol–water partition coefficient (Wildman–Crippen LogP) is 1.95. The summed E-state index contributed by atoms with van der Waals surface area (Å²) in [5.74, 6) is 0.154. The van der Waals surface area contributed by atoms with Crippen LogP contribution in [-0.2, 0) is 9.84 Å². The molecule has 1 aromatic rings. The van der Waals surface area contributed by atoms with E-state index in [0.29, 0.717) is 6.54 Å². The fourth-order valence-corrected chi connectivity index (χ4v) is 2.46. The highest BCUT2D eigenvalue weighted by Gasteiger charge is 2.28. The Morgan fingerprint density at radius 2 is 2.06 bits per heavy atom. The summed E-state index contributed by atoms with van der Waals surface area (Å²) in [7, 11) is -3.05. The lowest BCUT2D eigenvalue weighted by Crippen LogP contribution is -2.35. The number of pyridine rings is 1. The molecule has 0 aliphatic rings. The molecule has 0 spiro atoms. The first-order valence-corrected chi connectivity index (χ1v) is 7.75. The number of hydrogen-bond acceptors (Lipinski definition) is 4. The van der Waals surface area contributed by atoms with Crippen LogP contribution in [-0.4, -0.2) is 30.4 Å². The summed E-state index contributed by atoms with van der Waals surface area (Å²) in [6, 6.07) is 3.95. The SMILES string of the molecule is C[C@H](NCCS(=O)(=O)C(C)(C)C)c1cccnc1. The maximum Gasteiger partial charge on any atom is 0.156 e. The van der Waals surface area contributed by atoms with Gasteiger partial charge in [-0.25, -0.2) is 8.42 Å². The normalized spacial score (nSPS) is 14.4. The molecule has 1 aromatic heterocycles. The van der Waals surface area contributed by atoms with Crippen LogP contribution in [0.3, 0.4) is 0 Å². The van der Waals surface area contributed by atoms with Crippen LogP contribution in [0.1, 0.15) is 39.3 Å². The maximum atomic E-state index is 11.9. The minimum atomic E-state index is -3.05. The van der Waals surface area contributed by atoms with Gasteiger partial charge < -0.3 is 5.32 Å². The molecule has 1 N–H and O–H groups in total. The van der Waals surface area contributed by atoms with Crippen LogP contribution in [0.25, 0.3) is 0 Å². The summed E-state index contributed by atoms with van der Waals surface area (Å²) in [4.78, 5) is 4.04. The van der Waals surface area contributed by atoms with Gasteiger partial charge in [0.05, 0.1) is 10.5 Å². The maximum absolute atomic E-state index is 11.9. The molecule has 0 radical (unpaired) electrons. The van der Waals surface area contributed by atoms with Gasteiger partial charge in [0.1, 0.15) is 0 Å². The van der Waals surface area contributed by atoms with Crippen molar-refractivity contribution in [3.05, 3.63) is 30.1 Å². The average Bonchev–Trinajstić information content (AvgIpc) is 2.28. The molecule has 0 aliphatic carbocycles. The van der Waals surface area contributed by atoms with Crippen molar-refractivity contribution < 1.29 is 8.42 Å². The van der Waals surface area contributed by atoms with Crippen LogP contribution in [0.5, 0.6) is 0 Å². The minimum Gasteiger partial charge on any atom is -0.309 e. The fourth-order valence-electron chi connectivity index (χ4n) is 1.47. The van der Waals surface area contributed by atoms with Gasteiger partial charge in [0.25, 0.3) is 0 Å². The number of rotatable bonds is 5. The Morgan fingerprint density at radius 3 is 2.56 bits per heavy atom. The molecule has 0 bridgehead atoms. The van der Waals surface area contributed by atoms with Gasteiger partial charge in [0, 0.05) is 25.0 Å². The van der Waals surface area contributed by atoms with Gasteiger partial charge >= 0.3 is 0 Å². The van der Waals surface area contributed by atoms with E-state index in [2.05, 4.69) is 10.3 Å². The van der Waals surface area contributed by atoms with E-state index in [1.807, 2.05) is 19.1 Å². The van der Waals surface area contributed by atoms with E-state index in [1.54, 1.807) is 33.2 Å². The van der Waals surface area contributed by atoms with E-state index >= 15 is 0 Å².